The molecule has 1 saturated carbocycles. The van der Waals surface area contributed by atoms with Crippen molar-refractivity contribution in [2.75, 3.05) is 5.73 Å². The number of nitrogens with two attached hydrogens (primary N) is 1. The Labute approximate surface area is 96.7 Å². The van der Waals surface area contributed by atoms with Gasteiger partial charge < -0.3 is 10.5 Å². The second-order valence-electron chi connectivity index (χ2n) is 3.73. The van der Waals surface area contributed by atoms with Gasteiger partial charge in [0.15, 0.2) is 0 Å². The van der Waals surface area contributed by atoms with Crippen LogP contribution in [-0.2, 0) is 4.74 Å². The third kappa shape index (κ3) is 2.50. The Morgan fingerprint density at radius 3 is 2.67 bits per heavy atom. The fourth-order valence-corrected chi connectivity index (χ4v) is 1.95. The first-order valence-electron chi connectivity index (χ1n) is 4.92. The van der Waals surface area contributed by atoms with Crippen LogP contribution in [0.4, 0.5) is 5.69 Å². The highest BCUT2D eigenvalue weighted by Gasteiger charge is 2.22. The predicted octanol–water partition coefficient (Wildman–Crippen LogP) is 2.74. The van der Waals surface area contributed by atoms with Gasteiger partial charge in [0.1, 0.15) is 6.10 Å². The van der Waals surface area contributed by atoms with Crippen LogP contribution in [0.5, 0.6) is 0 Å². The zero-order valence-electron chi connectivity index (χ0n) is 8.20. The molecule has 0 bridgehead atoms. The van der Waals surface area contributed by atoms with Gasteiger partial charge in [0, 0.05) is 10.2 Å². The van der Waals surface area contributed by atoms with Gasteiger partial charge in [-0.2, -0.15) is 0 Å². The molecular weight excluding hydrogens is 258 g/mol. The van der Waals surface area contributed by atoms with Gasteiger partial charge in [0.2, 0.25) is 0 Å². The highest BCUT2D eigenvalue weighted by atomic mass is 79.9. The van der Waals surface area contributed by atoms with Crippen LogP contribution >= 0.6 is 15.9 Å². The summed E-state index contributed by atoms with van der Waals surface area (Å²) in [4.78, 5) is 11.7. The van der Waals surface area contributed by atoms with Crippen LogP contribution in [0.25, 0.3) is 0 Å². The van der Waals surface area contributed by atoms with Crippen molar-refractivity contribution in [2.24, 2.45) is 0 Å². The first-order valence-corrected chi connectivity index (χ1v) is 5.71. The van der Waals surface area contributed by atoms with Crippen molar-refractivity contribution in [3.8, 4) is 0 Å². The third-order valence-corrected chi connectivity index (χ3v) is 2.94. The summed E-state index contributed by atoms with van der Waals surface area (Å²) in [6, 6.07) is 5.10. The Bertz CT molecular complexity index is 368. The van der Waals surface area contributed by atoms with E-state index in [0.29, 0.717) is 11.3 Å². The van der Waals surface area contributed by atoms with Crippen molar-refractivity contribution in [2.45, 2.75) is 25.4 Å². The molecule has 4 heteroatoms. The Hall–Kier alpha value is -1.03. The van der Waals surface area contributed by atoms with E-state index in [1.54, 1.807) is 18.2 Å². The monoisotopic (exact) mass is 269 g/mol. The molecule has 15 heavy (non-hydrogen) atoms. The number of hydrogen-bond acceptors (Lipinski definition) is 3. The smallest absolute Gasteiger partial charge is 0.338 e. The average Bonchev–Trinajstić information content (AvgIpc) is 2.09. The molecule has 80 valence electrons. The van der Waals surface area contributed by atoms with Crippen LogP contribution in [0.15, 0.2) is 22.7 Å². The minimum absolute atomic E-state index is 0.109. The Morgan fingerprint density at radius 1 is 1.40 bits per heavy atom. The molecule has 1 aliphatic rings. The molecule has 2 N–H and O–H groups in total. The van der Waals surface area contributed by atoms with Crippen LogP contribution < -0.4 is 5.73 Å². The standard InChI is InChI=1S/C11H12BrNO2/c12-8-4-7(5-9(13)6-8)11(14)15-10-2-1-3-10/h4-6,10H,1-3,13H2. The van der Waals surface area contributed by atoms with Crippen molar-refractivity contribution in [1.29, 1.82) is 0 Å². The van der Waals surface area contributed by atoms with Crippen LogP contribution in [0.1, 0.15) is 29.6 Å². The first kappa shape index (κ1) is 10.5. The molecule has 0 aromatic heterocycles. The number of carbonyl (C=O) groups is 1. The van der Waals surface area contributed by atoms with Gasteiger partial charge in [-0.15, -0.1) is 0 Å². The van der Waals surface area contributed by atoms with Gasteiger partial charge in [-0.25, -0.2) is 4.79 Å². The summed E-state index contributed by atoms with van der Waals surface area (Å²) in [6.07, 6.45) is 3.22. The van der Waals surface area contributed by atoms with Crippen LogP contribution in [0.2, 0.25) is 0 Å². The predicted molar refractivity (Wildman–Crippen MR) is 61.6 cm³/mol. The van der Waals surface area contributed by atoms with E-state index in [9.17, 15) is 4.79 Å². The summed E-state index contributed by atoms with van der Waals surface area (Å²) in [5, 5.41) is 0. The topological polar surface area (TPSA) is 52.3 Å². The van der Waals surface area contributed by atoms with Gasteiger partial charge >= 0.3 is 5.97 Å². The summed E-state index contributed by atoms with van der Waals surface area (Å²) >= 11 is 3.29. The second-order valence-corrected chi connectivity index (χ2v) is 4.65. The molecule has 3 nitrogen and oxygen atoms in total. The number of esters is 1. The van der Waals surface area contributed by atoms with E-state index in [1.165, 1.54) is 0 Å². The zero-order valence-corrected chi connectivity index (χ0v) is 9.79. The van der Waals surface area contributed by atoms with E-state index < -0.39 is 0 Å². The summed E-state index contributed by atoms with van der Waals surface area (Å²) in [6.45, 7) is 0. The van der Waals surface area contributed by atoms with E-state index >= 15 is 0 Å². The number of anilines is 1. The van der Waals surface area contributed by atoms with E-state index in [-0.39, 0.29) is 12.1 Å². The molecule has 0 radical (unpaired) electrons. The van der Waals surface area contributed by atoms with Gasteiger partial charge in [-0.1, -0.05) is 15.9 Å². The fraction of sp³-hybridized carbons (Fsp3) is 0.364. The lowest BCUT2D eigenvalue weighted by atomic mass is 9.96. The highest BCUT2D eigenvalue weighted by Crippen LogP contribution is 2.24. The average molecular weight is 270 g/mol. The zero-order chi connectivity index (χ0) is 10.8. The molecule has 0 heterocycles. The quantitative estimate of drug-likeness (QED) is 0.664. The number of hydrogen-bond donors (Lipinski definition) is 1. The molecule has 0 atom stereocenters. The van der Waals surface area contributed by atoms with Crippen LogP contribution in [-0.4, -0.2) is 12.1 Å². The van der Waals surface area contributed by atoms with Crippen LogP contribution in [0.3, 0.4) is 0 Å². The van der Waals surface area contributed by atoms with Gasteiger partial charge in [0.25, 0.3) is 0 Å². The minimum Gasteiger partial charge on any atom is -0.459 e. The molecule has 0 saturated heterocycles. The fourth-order valence-electron chi connectivity index (χ4n) is 1.44. The van der Waals surface area contributed by atoms with E-state index in [2.05, 4.69) is 15.9 Å². The largest absolute Gasteiger partial charge is 0.459 e. The summed E-state index contributed by atoms with van der Waals surface area (Å²) < 4.78 is 6.06. The van der Waals surface area contributed by atoms with E-state index in [1.807, 2.05) is 0 Å². The molecule has 0 spiro atoms. The molecular formula is C11H12BrNO2. The van der Waals surface area contributed by atoms with Gasteiger partial charge in [0.05, 0.1) is 5.56 Å². The van der Waals surface area contributed by atoms with Gasteiger partial charge in [-0.05, 0) is 37.5 Å². The van der Waals surface area contributed by atoms with E-state index in [4.69, 9.17) is 10.5 Å². The SMILES string of the molecule is Nc1cc(Br)cc(C(=O)OC2CCC2)c1. The van der Waals surface area contributed by atoms with Crippen LogP contribution in [0, 0.1) is 0 Å². The number of rotatable bonds is 2. The van der Waals surface area contributed by atoms with E-state index in [0.717, 1.165) is 23.7 Å². The van der Waals surface area contributed by atoms with Gasteiger partial charge in [-0.3, -0.25) is 0 Å². The third-order valence-electron chi connectivity index (χ3n) is 2.48. The Morgan fingerprint density at radius 2 is 2.13 bits per heavy atom. The molecule has 0 aliphatic heterocycles. The van der Waals surface area contributed by atoms with Crippen molar-refractivity contribution < 1.29 is 9.53 Å². The van der Waals surface area contributed by atoms with Crippen molar-refractivity contribution >= 4 is 27.6 Å². The Kier molecular flexibility index (Phi) is 2.95. The van der Waals surface area contributed by atoms with Crippen molar-refractivity contribution in [3.05, 3.63) is 28.2 Å². The molecule has 1 aliphatic carbocycles. The lowest BCUT2D eigenvalue weighted by molar-refractivity contribution is 0.00901. The second kappa shape index (κ2) is 4.23. The number of halogens is 1. The molecule has 0 amide bonds. The maximum Gasteiger partial charge on any atom is 0.338 e. The summed E-state index contributed by atoms with van der Waals surface area (Å²) in [5.74, 6) is -0.285. The highest BCUT2D eigenvalue weighted by molar-refractivity contribution is 9.10. The summed E-state index contributed by atoms with van der Waals surface area (Å²) in [7, 11) is 0. The normalized spacial score (nSPS) is 15.8. The molecule has 1 fully saturated rings. The molecule has 1 aromatic carbocycles. The first-order chi connectivity index (χ1) is 7.15. The Balaban J connectivity index is 2.10. The number of carbonyl (C=O) groups excluding carboxylic acids is 1. The lowest BCUT2D eigenvalue weighted by Gasteiger charge is -2.25. The lowest BCUT2D eigenvalue weighted by Crippen LogP contribution is -2.25. The molecule has 2 rings (SSSR count). The maximum absolute atomic E-state index is 11.7. The number of nitrogen functional groups attached to an aromatic ring is 1. The van der Waals surface area contributed by atoms with Crippen molar-refractivity contribution in [1.82, 2.24) is 0 Å². The maximum atomic E-state index is 11.7. The minimum atomic E-state index is -0.285. The van der Waals surface area contributed by atoms with Crippen molar-refractivity contribution in [3.63, 3.8) is 0 Å². The molecule has 0 unspecified atom stereocenters. The number of benzene rings is 1. The number of ether oxygens (including phenoxy) is 1. The summed E-state index contributed by atoms with van der Waals surface area (Å²) in [5.41, 5.74) is 6.70. The molecule has 1 aromatic rings.